The van der Waals surface area contributed by atoms with Gasteiger partial charge in [0.15, 0.2) is 0 Å². The summed E-state index contributed by atoms with van der Waals surface area (Å²) in [6, 6.07) is -0.0499. The zero-order valence-electron chi connectivity index (χ0n) is 13.6. The molecule has 122 valence electrons. The van der Waals surface area contributed by atoms with Crippen LogP contribution in [0.15, 0.2) is 25.0 Å². The highest BCUT2D eigenvalue weighted by Crippen LogP contribution is 2.34. The Labute approximate surface area is 135 Å². The van der Waals surface area contributed by atoms with Gasteiger partial charge in [0.05, 0.1) is 24.1 Å². The van der Waals surface area contributed by atoms with Gasteiger partial charge in [-0.15, -0.1) is 0 Å². The summed E-state index contributed by atoms with van der Waals surface area (Å²) in [5.41, 5.74) is 0.0322. The van der Waals surface area contributed by atoms with Crippen molar-refractivity contribution in [3.05, 3.63) is 30.7 Å². The second-order valence-corrected chi connectivity index (χ2v) is 6.13. The lowest BCUT2D eigenvalue weighted by Gasteiger charge is -2.32. The minimum absolute atomic E-state index is 0.0159. The Bertz CT molecular complexity index is 683. The monoisotopic (exact) mass is 315 g/mol. The molecule has 8 heteroatoms. The second kappa shape index (κ2) is 5.94. The molecule has 1 amide bonds. The fourth-order valence-corrected chi connectivity index (χ4v) is 2.93. The fourth-order valence-electron chi connectivity index (χ4n) is 2.93. The highest BCUT2D eigenvalue weighted by Gasteiger charge is 2.40. The molecule has 1 aliphatic rings. The van der Waals surface area contributed by atoms with Crippen molar-refractivity contribution < 1.29 is 4.79 Å². The zero-order valence-corrected chi connectivity index (χ0v) is 13.6. The highest BCUT2D eigenvalue weighted by atomic mass is 16.2. The van der Waals surface area contributed by atoms with Crippen LogP contribution in [-0.2, 0) is 10.3 Å². The normalized spacial score (nSPS) is 18.2. The summed E-state index contributed by atoms with van der Waals surface area (Å²) in [4.78, 5) is 27.7. The SMILES string of the molecule is CNc1cncc(C2CCCN2C(=O)C(C)(C)n2cncn2)n1. The molecule has 1 aliphatic heterocycles. The summed E-state index contributed by atoms with van der Waals surface area (Å²) in [6.07, 6.45) is 8.27. The Morgan fingerprint density at radius 3 is 2.87 bits per heavy atom. The van der Waals surface area contributed by atoms with Crippen LogP contribution in [0.2, 0.25) is 0 Å². The van der Waals surface area contributed by atoms with Gasteiger partial charge in [-0.1, -0.05) is 0 Å². The topological polar surface area (TPSA) is 88.8 Å². The van der Waals surface area contributed by atoms with Crippen LogP contribution in [-0.4, -0.2) is 49.1 Å². The minimum Gasteiger partial charge on any atom is -0.372 e. The van der Waals surface area contributed by atoms with Gasteiger partial charge in [-0.05, 0) is 26.7 Å². The van der Waals surface area contributed by atoms with Gasteiger partial charge in [-0.2, -0.15) is 5.10 Å². The first-order chi connectivity index (χ1) is 11.0. The van der Waals surface area contributed by atoms with Crippen molar-refractivity contribution in [1.82, 2.24) is 29.6 Å². The number of hydrogen-bond acceptors (Lipinski definition) is 6. The molecule has 3 heterocycles. The first-order valence-corrected chi connectivity index (χ1v) is 7.70. The first kappa shape index (κ1) is 15.4. The van der Waals surface area contributed by atoms with Crippen molar-refractivity contribution in [2.45, 2.75) is 38.3 Å². The van der Waals surface area contributed by atoms with E-state index in [0.717, 1.165) is 18.5 Å². The predicted octanol–water partition coefficient (Wildman–Crippen LogP) is 1.21. The maximum Gasteiger partial charge on any atom is 0.250 e. The van der Waals surface area contributed by atoms with Crippen LogP contribution in [0.4, 0.5) is 5.82 Å². The van der Waals surface area contributed by atoms with Crippen molar-refractivity contribution >= 4 is 11.7 Å². The van der Waals surface area contributed by atoms with Crippen LogP contribution < -0.4 is 5.32 Å². The Hall–Kier alpha value is -2.51. The Balaban J connectivity index is 1.88. The van der Waals surface area contributed by atoms with Gasteiger partial charge in [-0.25, -0.2) is 14.6 Å². The van der Waals surface area contributed by atoms with E-state index in [1.807, 2.05) is 18.7 Å². The molecule has 8 nitrogen and oxygen atoms in total. The number of carbonyl (C=O) groups excluding carboxylic acids is 1. The summed E-state index contributed by atoms with van der Waals surface area (Å²) in [5.74, 6) is 0.722. The lowest BCUT2D eigenvalue weighted by atomic mass is 10.0. The summed E-state index contributed by atoms with van der Waals surface area (Å²) in [5, 5.41) is 7.11. The second-order valence-electron chi connectivity index (χ2n) is 6.13. The molecule has 1 unspecified atom stereocenters. The fraction of sp³-hybridized carbons (Fsp3) is 0.533. The number of likely N-dealkylation sites (tertiary alicyclic amines) is 1. The van der Waals surface area contributed by atoms with E-state index in [0.29, 0.717) is 12.4 Å². The maximum absolute atomic E-state index is 13.1. The molecule has 0 saturated carbocycles. The molecular formula is C15H21N7O. The van der Waals surface area contributed by atoms with E-state index in [2.05, 4.69) is 25.4 Å². The van der Waals surface area contributed by atoms with Gasteiger partial charge >= 0.3 is 0 Å². The molecule has 1 saturated heterocycles. The largest absolute Gasteiger partial charge is 0.372 e. The Kier molecular flexibility index (Phi) is 3.97. The molecule has 1 atom stereocenters. The third-order valence-electron chi connectivity index (χ3n) is 4.28. The van der Waals surface area contributed by atoms with E-state index >= 15 is 0 Å². The molecule has 0 radical (unpaired) electrons. The molecule has 1 N–H and O–H groups in total. The van der Waals surface area contributed by atoms with E-state index in [9.17, 15) is 4.79 Å². The molecule has 0 aromatic carbocycles. The van der Waals surface area contributed by atoms with Crippen LogP contribution in [0.3, 0.4) is 0 Å². The molecule has 23 heavy (non-hydrogen) atoms. The average Bonchev–Trinajstić information content (AvgIpc) is 3.25. The summed E-state index contributed by atoms with van der Waals surface area (Å²) in [6.45, 7) is 4.43. The van der Waals surface area contributed by atoms with Crippen LogP contribution in [0.1, 0.15) is 38.4 Å². The van der Waals surface area contributed by atoms with Gasteiger partial charge in [0.25, 0.3) is 5.91 Å². The third-order valence-corrected chi connectivity index (χ3v) is 4.28. The van der Waals surface area contributed by atoms with Crippen molar-refractivity contribution in [3.63, 3.8) is 0 Å². The number of carbonyl (C=O) groups is 1. The molecule has 0 aliphatic carbocycles. The molecule has 0 bridgehead atoms. The van der Waals surface area contributed by atoms with Crippen molar-refractivity contribution in [3.8, 4) is 0 Å². The van der Waals surface area contributed by atoms with Gasteiger partial charge in [0.2, 0.25) is 0 Å². The quantitative estimate of drug-likeness (QED) is 0.912. The third kappa shape index (κ3) is 2.76. The van der Waals surface area contributed by atoms with Crippen LogP contribution in [0, 0.1) is 0 Å². The van der Waals surface area contributed by atoms with E-state index in [-0.39, 0.29) is 11.9 Å². The lowest BCUT2D eigenvalue weighted by molar-refractivity contribution is -0.140. The molecule has 2 aromatic rings. The number of hydrogen-bond donors (Lipinski definition) is 1. The zero-order chi connectivity index (χ0) is 16.4. The van der Waals surface area contributed by atoms with Gasteiger partial charge < -0.3 is 10.2 Å². The summed E-state index contributed by atoms with van der Waals surface area (Å²) >= 11 is 0. The summed E-state index contributed by atoms with van der Waals surface area (Å²) < 4.78 is 1.60. The molecule has 3 rings (SSSR count). The minimum atomic E-state index is -0.785. The van der Waals surface area contributed by atoms with Crippen LogP contribution in [0.5, 0.6) is 0 Å². The Morgan fingerprint density at radius 1 is 1.35 bits per heavy atom. The number of aromatic nitrogens is 5. The number of nitrogens with zero attached hydrogens (tertiary/aromatic N) is 6. The summed E-state index contributed by atoms with van der Waals surface area (Å²) in [7, 11) is 1.80. The van der Waals surface area contributed by atoms with Crippen LogP contribution in [0.25, 0.3) is 0 Å². The highest BCUT2D eigenvalue weighted by molar-refractivity contribution is 5.84. The van der Waals surface area contributed by atoms with Crippen molar-refractivity contribution in [2.75, 3.05) is 18.9 Å². The predicted molar refractivity (Wildman–Crippen MR) is 84.6 cm³/mol. The van der Waals surface area contributed by atoms with E-state index in [1.165, 1.54) is 6.33 Å². The van der Waals surface area contributed by atoms with Gasteiger partial charge in [-0.3, -0.25) is 9.78 Å². The van der Waals surface area contributed by atoms with Gasteiger partial charge in [0.1, 0.15) is 24.0 Å². The molecule has 2 aromatic heterocycles. The Morgan fingerprint density at radius 2 is 2.17 bits per heavy atom. The molecule has 1 fully saturated rings. The van der Waals surface area contributed by atoms with Gasteiger partial charge in [0, 0.05) is 13.6 Å². The number of rotatable bonds is 4. The molecule has 0 spiro atoms. The number of anilines is 1. The van der Waals surface area contributed by atoms with E-state index in [1.54, 1.807) is 30.5 Å². The van der Waals surface area contributed by atoms with Crippen LogP contribution >= 0.6 is 0 Å². The number of amides is 1. The standard InChI is InChI=1S/C15H21N7O/c1-15(2,22-10-18-9-19-22)14(23)21-6-4-5-12(21)11-7-17-8-13(16-3)20-11/h7-10,12H,4-6H2,1-3H3,(H,16,20). The lowest BCUT2D eigenvalue weighted by Crippen LogP contribution is -2.47. The maximum atomic E-state index is 13.1. The van der Waals surface area contributed by atoms with Crippen molar-refractivity contribution in [2.24, 2.45) is 0 Å². The number of nitrogens with one attached hydrogen (secondary N) is 1. The van der Waals surface area contributed by atoms with E-state index in [4.69, 9.17) is 0 Å². The van der Waals surface area contributed by atoms with Crippen molar-refractivity contribution in [1.29, 1.82) is 0 Å². The smallest absolute Gasteiger partial charge is 0.250 e. The average molecular weight is 315 g/mol. The van der Waals surface area contributed by atoms with E-state index < -0.39 is 5.54 Å². The molecular weight excluding hydrogens is 294 g/mol. The first-order valence-electron chi connectivity index (χ1n) is 7.70.